The quantitative estimate of drug-likeness (QED) is 0.747. The maximum atomic E-state index is 12.2. The van der Waals surface area contributed by atoms with E-state index in [1.165, 1.54) is 6.20 Å². The smallest absolute Gasteiger partial charge is 0.340 e. The number of nitrogens with one attached hydrogen (secondary N) is 1. The lowest BCUT2D eigenvalue weighted by Crippen LogP contribution is -2.21. The van der Waals surface area contributed by atoms with E-state index in [-0.39, 0.29) is 12.2 Å². The molecule has 0 fully saturated rings. The predicted molar refractivity (Wildman–Crippen MR) is 89.6 cm³/mol. The molecule has 1 aromatic heterocycles. The second kappa shape index (κ2) is 6.87. The summed E-state index contributed by atoms with van der Waals surface area (Å²) in [6.45, 7) is 1.51. The van der Waals surface area contributed by atoms with Crippen LogP contribution in [0.5, 0.6) is 0 Å². The highest BCUT2D eigenvalue weighted by Crippen LogP contribution is 2.15. The number of aromatic nitrogens is 2. The van der Waals surface area contributed by atoms with Crippen LogP contribution in [0.2, 0.25) is 0 Å². The van der Waals surface area contributed by atoms with E-state index in [4.69, 9.17) is 4.74 Å². The Balaban J connectivity index is 1.67. The Bertz CT molecular complexity index is 903. The molecule has 6 heteroatoms. The van der Waals surface area contributed by atoms with Gasteiger partial charge in [-0.1, -0.05) is 24.3 Å². The lowest BCUT2D eigenvalue weighted by Gasteiger charge is -2.09. The standard InChI is InChI=1S/C18H15N3O3/c1-12-5-2-3-7-14(12)21-16(22)11-24-18(23)13-6-4-8-15-17(13)20-10-9-19-15/h2-10H,11H2,1H3,(H,21,22). The van der Waals surface area contributed by atoms with Crippen molar-refractivity contribution in [3.8, 4) is 0 Å². The molecule has 0 spiro atoms. The van der Waals surface area contributed by atoms with Crippen LogP contribution in [0.15, 0.2) is 54.9 Å². The highest BCUT2D eigenvalue weighted by Gasteiger charge is 2.14. The van der Waals surface area contributed by atoms with Crippen LogP contribution >= 0.6 is 0 Å². The number of nitrogens with zero attached hydrogens (tertiary/aromatic N) is 2. The summed E-state index contributed by atoms with van der Waals surface area (Å²) >= 11 is 0. The van der Waals surface area contributed by atoms with E-state index in [9.17, 15) is 9.59 Å². The van der Waals surface area contributed by atoms with Crippen LogP contribution in [0.3, 0.4) is 0 Å². The second-order valence-electron chi connectivity index (χ2n) is 5.17. The first-order chi connectivity index (χ1) is 11.6. The maximum Gasteiger partial charge on any atom is 0.340 e. The molecule has 0 aliphatic carbocycles. The number of carbonyl (C=O) groups excluding carboxylic acids is 2. The minimum absolute atomic E-state index is 0.282. The average molecular weight is 321 g/mol. The molecule has 3 rings (SSSR count). The van der Waals surface area contributed by atoms with Crippen LogP contribution in [-0.2, 0) is 9.53 Å². The summed E-state index contributed by atoms with van der Waals surface area (Å²) in [6, 6.07) is 12.4. The highest BCUT2D eigenvalue weighted by atomic mass is 16.5. The molecule has 0 bridgehead atoms. The number of benzene rings is 2. The second-order valence-corrected chi connectivity index (χ2v) is 5.17. The van der Waals surface area contributed by atoms with Gasteiger partial charge in [0.25, 0.3) is 5.91 Å². The lowest BCUT2D eigenvalue weighted by atomic mass is 10.2. The van der Waals surface area contributed by atoms with Gasteiger partial charge in [0.2, 0.25) is 0 Å². The van der Waals surface area contributed by atoms with Gasteiger partial charge in [0.05, 0.1) is 11.1 Å². The summed E-state index contributed by atoms with van der Waals surface area (Å²) in [5.74, 6) is -1.01. The van der Waals surface area contributed by atoms with Crippen LogP contribution < -0.4 is 5.32 Å². The topological polar surface area (TPSA) is 81.2 Å². The van der Waals surface area contributed by atoms with Gasteiger partial charge in [-0.3, -0.25) is 14.8 Å². The molecule has 2 aromatic carbocycles. The van der Waals surface area contributed by atoms with Gasteiger partial charge >= 0.3 is 5.97 Å². The molecule has 3 aromatic rings. The number of ether oxygens (including phenoxy) is 1. The van der Waals surface area contributed by atoms with E-state index in [0.29, 0.717) is 16.7 Å². The molecule has 0 saturated heterocycles. The maximum absolute atomic E-state index is 12.2. The number of carbonyl (C=O) groups is 2. The summed E-state index contributed by atoms with van der Waals surface area (Å²) < 4.78 is 5.09. The summed E-state index contributed by atoms with van der Waals surface area (Å²) in [5.41, 5.74) is 2.95. The Morgan fingerprint density at radius 2 is 1.83 bits per heavy atom. The van der Waals surface area contributed by atoms with Gasteiger partial charge in [-0.25, -0.2) is 4.79 Å². The van der Waals surface area contributed by atoms with Crippen molar-refractivity contribution in [2.24, 2.45) is 0 Å². The van der Waals surface area contributed by atoms with E-state index < -0.39 is 11.9 Å². The Kier molecular flexibility index (Phi) is 4.47. The molecular formula is C18H15N3O3. The predicted octanol–water partition coefficient (Wildman–Crippen LogP) is 2.73. The Labute approximate surface area is 138 Å². The molecule has 1 heterocycles. The van der Waals surface area contributed by atoms with Crippen molar-refractivity contribution in [2.75, 3.05) is 11.9 Å². The van der Waals surface area contributed by atoms with Crippen LogP contribution in [-0.4, -0.2) is 28.5 Å². The van der Waals surface area contributed by atoms with E-state index in [1.807, 2.05) is 25.1 Å². The summed E-state index contributed by atoms with van der Waals surface area (Å²) in [5, 5.41) is 2.71. The van der Waals surface area contributed by atoms with Gasteiger partial charge in [-0.2, -0.15) is 0 Å². The van der Waals surface area contributed by atoms with Gasteiger partial charge in [0, 0.05) is 18.1 Å². The van der Waals surface area contributed by atoms with Gasteiger partial charge in [-0.05, 0) is 30.7 Å². The fraction of sp³-hybridized carbons (Fsp3) is 0.111. The number of para-hydroxylation sites is 2. The number of esters is 1. The van der Waals surface area contributed by atoms with Gasteiger partial charge in [-0.15, -0.1) is 0 Å². The molecule has 0 aliphatic rings. The summed E-state index contributed by atoms with van der Waals surface area (Å²) in [4.78, 5) is 32.4. The van der Waals surface area contributed by atoms with Gasteiger partial charge in [0.1, 0.15) is 5.52 Å². The number of aryl methyl sites for hydroxylation is 1. The first-order valence-corrected chi connectivity index (χ1v) is 7.37. The molecule has 120 valence electrons. The van der Waals surface area contributed by atoms with Crippen molar-refractivity contribution in [1.82, 2.24) is 9.97 Å². The third kappa shape index (κ3) is 3.38. The monoisotopic (exact) mass is 321 g/mol. The minimum atomic E-state index is -0.610. The van der Waals surface area contributed by atoms with Crippen molar-refractivity contribution in [2.45, 2.75) is 6.92 Å². The molecule has 0 radical (unpaired) electrons. The van der Waals surface area contributed by atoms with Crippen molar-refractivity contribution >= 4 is 28.6 Å². The van der Waals surface area contributed by atoms with Crippen molar-refractivity contribution in [3.63, 3.8) is 0 Å². The largest absolute Gasteiger partial charge is 0.452 e. The van der Waals surface area contributed by atoms with E-state index in [1.54, 1.807) is 30.5 Å². The molecule has 6 nitrogen and oxygen atoms in total. The fourth-order valence-electron chi connectivity index (χ4n) is 2.27. The molecule has 0 unspecified atom stereocenters. The number of fused-ring (bicyclic) bond motifs is 1. The molecule has 1 amide bonds. The first kappa shape index (κ1) is 15.6. The molecule has 1 N–H and O–H groups in total. The number of rotatable bonds is 4. The fourth-order valence-corrected chi connectivity index (χ4v) is 2.27. The van der Waals surface area contributed by atoms with Crippen LogP contribution in [0, 0.1) is 6.92 Å². The van der Waals surface area contributed by atoms with Crippen LogP contribution in [0.1, 0.15) is 15.9 Å². The number of hydrogen-bond donors (Lipinski definition) is 1. The van der Waals surface area contributed by atoms with E-state index in [2.05, 4.69) is 15.3 Å². The molecule has 0 atom stereocenters. The van der Waals surface area contributed by atoms with Gasteiger partial charge < -0.3 is 10.1 Å². The molecule has 24 heavy (non-hydrogen) atoms. The number of hydrogen-bond acceptors (Lipinski definition) is 5. The van der Waals surface area contributed by atoms with Crippen molar-refractivity contribution in [3.05, 3.63) is 66.0 Å². The SMILES string of the molecule is Cc1ccccc1NC(=O)COC(=O)c1cccc2nccnc12. The van der Waals surface area contributed by atoms with E-state index >= 15 is 0 Å². The molecule has 0 aliphatic heterocycles. The number of amides is 1. The first-order valence-electron chi connectivity index (χ1n) is 7.37. The molecule has 0 saturated carbocycles. The average Bonchev–Trinajstić information content (AvgIpc) is 2.61. The Morgan fingerprint density at radius 3 is 2.67 bits per heavy atom. The van der Waals surface area contributed by atoms with Gasteiger partial charge in [0.15, 0.2) is 6.61 Å². The summed E-state index contributed by atoms with van der Waals surface area (Å²) in [7, 11) is 0. The van der Waals surface area contributed by atoms with Crippen molar-refractivity contribution in [1.29, 1.82) is 0 Å². The van der Waals surface area contributed by atoms with Crippen LogP contribution in [0.25, 0.3) is 11.0 Å². The third-order valence-electron chi connectivity index (χ3n) is 3.47. The Hall–Kier alpha value is -3.28. The minimum Gasteiger partial charge on any atom is -0.452 e. The zero-order valence-electron chi connectivity index (χ0n) is 13.0. The zero-order valence-corrected chi connectivity index (χ0v) is 13.0. The molecular weight excluding hydrogens is 306 g/mol. The lowest BCUT2D eigenvalue weighted by molar-refractivity contribution is -0.119. The Morgan fingerprint density at radius 1 is 1.04 bits per heavy atom. The zero-order chi connectivity index (χ0) is 16.9. The normalized spacial score (nSPS) is 10.4. The highest BCUT2D eigenvalue weighted by molar-refractivity contribution is 6.03. The third-order valence-corrected chi connectivity index (χ3v) is 3.47. The number of anilines is 1. The van der Waals surface area contributed by atoms with Crippen molar-refractivity contribution < 1.29 is 14.3 Å². The summed E-state index contributed by atoms with van der Waals surface area (Å²) in [6.07, 6.45) is 3.05. The van der Waals surface area contributed by atoms with E-state index in [0.717, 1.165) is 5.56 Å². The van der Waals surface area contributed by atoms with Crippen LogP contribution in [0.4, 0.5) is 5.69 Å².